The van der Waals surface area contributed by atoms with Crippen molar-refractivity contribution < 1.29 is 14.6 Å². The standard InChI is InChI=1S/C19H24N2O3/c1-19(2,18(22)23)9-11-20-13-15-6-5-8-17(12-15)24-14-16-7-3-4-10-21-16/h3-8,10,12,20H,9,11,13-14H2,1-2H3,(H,22,23). The third kappa shape index (κ3) is 5.66. The number of carboxylic acid groups (broad SMARTS) is 1. The molecule has 0 unspecified atom stereocenters. The average molecular weight is 328 g/mol. The normalized spacial score (nSPS) is 11.2. The summed E-state index contributed by atoms with van der Waals surface area (Å²) < 4.78 is 5.76. The second-order valence-electron chi connectivity index (χ2n) is 6.37. The van der Waals surface area contributed by atoms with Crippen LogP contribution in [0, 0.1) is 5.41 Å². The predicted molar refractivity (Wildman–Crippen MR) is 92.8 cm³/mol. The highest BCUT2D eigenvalue weighted by atomic mass is 16.5. The van der Waals surface area contributed by atoms with Crippen LogP contribution in [0.2, 0.25) is 0 Å². The number of hydrogen-bond acceptors (Lipinski definition) is 4. The molecule has 128 valence electrons. The minimum atomic E-state index is -0.769. The number of ether oxygens (including phenoxy) is 1. The largest absolute Gasteiger partial charge is 0.487 e. The van der Waals surface area contributed by atoms with Gasteiger partial charge >= 0.3 is 5.97 Å². The maximum absolute atomic E-state index is 11.1. The average Bonchev–Trinajstić information content (AvgIpc) is 2.58. The highest BCUT2D eigenvalue weighted by Gasteiger charge is 2.25. The Balaban J connectivity index is 1.79. The molecule has 1 aromatic heterocycles. The molecule has 0 radical (unpaired) electrons. The fraction of sp³-hybridized carbons (Fsp3) is 0.368. The molecule has 0 aliphatic rings. The Bertz CT molecular complexity index is 657. The minimum Gasteiger partial charge on any atom is -0.487 e. The molecule has 0 saturated heterocycles. The molecule has 0 saturated carbocycles. The van der Waals surface area contributed by atoms with Gasteiger partial charge in [0.25, 0.3) is 0 Å². The fourth-order valence-electron chi connectivity index (χ4n) is 2.13. The van der Waals surface area contributed by atoms with Gasteiger partial charge in [0.1, 0.15) is 12.4 Å². The summed E-state index contributed by atoms with van der Waals surface area (Å²) >= 11 is 0. The second-order valence-corrected chi connectivity index (χ2v) is 6.37. The number of pyridine rings is 1. The van der Waals surface area contributed by atoms with Crippen LogP contribution in [0.4, 0.5) is 0 Å². The summed E-state index contributed by atoms with van der Waals surface area (Å²) in [6.07, 6.45) is 2.33. The third-order valence-electron chi connectivity index (χ3n) is 3.85. The summed E-state index contributed by atoms with van der Waals surface area (Å²) in [4.78, 5) is 15.3. The summed E-state index contributed by atoms with van der Waals surface area (Å²) in [7, 11) is 0. The summed E-state index contributed by atoms with van der Waals surface area (Å²) in [5.74, 6) is 0.0278. The van der Waals surface area contributed by atoms with Gasteiger partial charge in [0.2, 0.25) is 0 Å². The lowest BCUT2D eigenvalue weighted by molar-refractivity contribution is -0.147. The van der Waals surface area contributed by atoms with Crippen molar-refractivity contribution in [2.75, 3.05) is 6.54 Å². The number of hydrogen-bond donors (Lipinski definition) is 2. The van der Waals surface area contributed by atoms with Crippen molar-refractivity contribution in [3.05, 3.63) is 59.9 Å². The van der Waals surface area contributed by atoms with Gasteiger partial charge in [-0.3, -0.25) is 9.78 Å². The van der Waals surface area contributed by atoms with E-state index in [9.17, 15) is 4.79 Å². The molecule has 0 atom stereocenters. The zero-order chi connectivity index (χ0) is 17.4. The summed E-state index contributed by atoms with van der Waals surface area (Å²) in [5, 5.41) is 12.4. The first kappa shape index (κ1) is 17.9. The molecule has 24 heavy (non-hydrogen) atoms. The van der Waals surface area contributed by atoms with Crippen molar-refractivity contribution in [1.29, 1.82) is 0 Å². The smallest absolute Gasteiger partial charge is 0.309 e. The number of rotatable bonds is 9. The molecule has 0 amide bonds. The van der Waals surface area contributed by atoms with Crippen LogP contribution in [0.5, 0.6) is 5.75 Å². The first-order valence-electron chi connectivity index (χ1n) is 8.03. The molecule has 5 nitrogen and oxygen atoms in total. The van der Waals surface area contributed by atoms with Gasteiger partial charge in [-0.05, 0) is 56.6 Å². The van der Waals surface area contributed by atoms with Gasteiger partial charge in [-0.2, -0.15) is 0 Å². The molecule has 1 heterocycles. The second kappa shape index (κ2) is 8.45. The molecule has 0 fully saturated rings. The summed E-state index contributed by atoms with van der Waals surface area (Å²) in [5.41, 5.74) is 1.28. The highest BCUT2D eigenvalue weighted by molar-refractivity contribution is 5.73. The predicted octanol–water partition coefficient (Wildman–Crippen LogP) is 3.25. The van der Waals surface area contributed by atoms with E-state index >= 15 is 0 Å². The lowest BCUT2D eigenvalue weighted by atomic mass is 9.90. The molecule has 2 aromatic rings. The Morgan fingerprint density at radius 3 is 2.79 bits per heavy atom. The van der Waals surface area contributed by atoms with Crippen LogP contribution >= 0.6 is 0 Å². The first-order chi connectivity index (χ1) is 11.5. The Hall–Kier alpha value is -2.40. The molecule has 0 aliphatic carbocycles. The van der Waals surface area contributed by atoms with Crippen LogP contribution in [0.15, 0.2) is 48.7 Å². The molecule has 5 heteroatoms. The number of carbonyl (C=O) groups is 1. The first-order valence-corrected chi connectivity index (χ1v) is 8.03. The lowest BCUT2D eigenvalue weighted by Crippen LogP contribution is -2.28. The summed E-state index contributed by atoms with van der Waals surface area (Å²) in [6.45, 7) is 5.24. The fourth-order valence-corrected chi connectivity index (χ4v) is 2.13. The Morgan fingerprint density at radius 2 is 2.08 bits per heavy atom. The van der Waals surface area contributed by atoms with Crippen LogP contribution in [0.1, 0.15) is 31.5 Å². The van der Waals surface area contributed by atoms with Crippen molar-refractivity contribution in [1.82, 2.24) is 10.3 Å². The van der Waals surface area contributed by atoms with Crippen LogP contribution in [-0.2, 0) is 17.9 Å². The van der Waals surface area contributed by atoms with E-state index in [1.807, 2.05) is 42.5 Å². The van der Waals surface area contributed by atoms with Crippen molar-refractivity contribution in [3.8, 4) is 5.75 Å². The highest BCUT2D eigenvalue weighted by Crippen LogP contribution is 2.19. The van der Waals surface area contributed by atoms with Gasteiger partial charge in [-0.25, -0.2) is 0 Å². The van der Waals surface area contributed by atoms with Crippen molar-refractivity contribution in [2.24, 2.45) is 5.41 Å². The molecular formula is C19H24N2O3. The van der Waals surface area contributed by atoms with Gasteiger partial charge in [0.05, 0.1) is 11.1 Å². The van der Waals surface area contributed by atoms with Crippen molar-refractivity contribution >= 4 is 5.97 Å². The Kier molecular flexibility index (Phi) is 6.32. The maximum atomic E-state index is 11.1. The zero-order valence-corrected chi connectivity index (χ0v) is 14.2. The molecule has 1 aromatic carbocycles. The number of nitrogens with one attached hydrogen (secondary N) is 1. The number of carboxylic acids is 1. The van der Waals surface area contributed by atoms with Gasteiger partial charge in [-0.15, -0.1) is 0 Å². The van der Waals surface area contributed by atoms with E-state index in [2.05, 4.69) is 10.3 Å². The van der Waals surface area contributed by atoms with E-state index in [0.29, 0.717) is 26.1 Å². The number of benzene rings is 1. The Morgan fingerprint density at radius 1 is 1.25 bits per heavy atom. The van der Waals surface area contributed by atoms with Gasteiger partial charge in [-0.1, -0.05) is 18.2 Å². The third-order valence-corrected chi connectivity index (χ3v) is 3.85. The zero-order valence-electron chi connectivity index (χ0n) is 14.2. The van der Waals surface area contributed by atoms with E-state index < -0.39 is 11.4 Å². The van der Waals surface area contributed by atoms with E-state index in [4.69, 9.17) is 9.84 Å². The van der Waals surface area contributed by atoms with Crippen molar-refractivity contribution in [3.63, 3.8) is 0 Å². The Labute approximate surface area is 142 Å². The summed E-state index contributed by atoms with van der Waals surface area (Å²) in [6, 6.07) is 13.6. The SMILES string of the molecule is CC(C)(CCNCc1cccc(OCc2ccccn2)c1)C(=O)O. The van der Waals surface area contributed by atoms with E-state index in [0.717, 1.165) is 17.0 Å². The molecule has 0 aliphatic heterocycles. The van der Waals surface area contributed by atoms with Crippen LogP contribution in [-0.4, -0.2) is 22.6 Å². The lowest BCUT2D eigenvalue weighted by Gasteiger charge is -2.19. The van der Waals surface area contributed by atoms with Gasteiger partial charge in [0.15, 0.2) is 0 Å². The molecule has 0 bridgehead atoms. The molecular weight excluding hydrogens is 304 g/mol. The topological polar surface area (TPSA) is 71.5 Å². The number of nitrogens with zero attached hydrogens (tertiary/aromatic N) is 1. The van der Waals surface area contributed by atoms with Gasteiger partial charge in [0, 0.05) is 12.7 Å². The molecule has 2 N–H and O–H groups in total. The molecule has 2 rings (SSSR count). The van der Waals surface area contributed by atoms with E-state index in [1.165, 1.54) is 0 Å². The number of aromatic nitrogens is 1. The van der Waals surface area contributed by atoms with Crippen molar-refractivity contribution in [2.45, 2.75) is 33.4 Å². The van der Waals surface area contributed by atoms with Gasteiger partial charge < -0.3 is 15.2 Å². The maximum Gasteiger partial charge on any atom is 0.309 e. The van der Waals surface area contributed by atoms with Crippen LogP contribution < -0.4 is 10.1 Å². The van der Waals surface area contributed by atoms with E-state index in [1.54, 1.807) is 20.0 Å². The van der Waals surface area contributed by atoms with Crippen LogP contribution in [0.3, 0.4) is 0 Å². The quantitative estimate of drug-likeness (QED) is 0.691. The van der Waals surface area contributed by atoms with Crippen LogP contribution in [0.25, 0.3) is 0 Å². The minimum absolute atomic E-state index is 0.435. The molecule has 0 spiro atoms. The number of aliphatic carboxylic acids is 1. The monoisotopic (exact) mass is 328 g/mol. The van der Waals surface area contributed by atoms with E-state index in [-0.39, 0.29) is 0 Å².